The first-order valence-corrected chi connectivity index (χ1v) is 15.9. The zero-order valence-electron chi connectivity index (χ0n) is 23.9. The fourth-order valence-corrected chi connectivity index (χ4v) is 5.17. The van der Waals surface area contributed by atoms with Gasteiger partial charge in [0, 0.05) is 13.2 Å². The zero-order chi connectivity index (χ0) is 24.2. The minimum Gasteiger partial charge on any atom is -0.381 e. The summed E-state index contributed by atoms with van der Waals surface area (Å²) in [6.45, 7) is 11.3. The quantitative estimate of drug-likeness (QED) is 0.104. The van der Waals surface area contributed by atoms with Gasteiger partial charge in [0.15, 0.2) is 0 Å². The molecule has 0 aromatic rings. The monoisotopic (exact) mass is 467 g/mol. The van der Waals surface area contributed by atoms with Crippen molar-refractivity contribution in [1.82, 2.24) is 0 Å². The van der Waals surface area contributed by atoms with Gasteiger partial charge in [-0.1, -0.05) is 156 Å². The molecule has 0 aliphatic carbocycles. The Kier molecular flexibility index (Phi) is 28.2. The van der Waals surface area contributed by atoms with Crippen LogP contribution in [0.4, 0.5) is 0 Å². The summed E-state index contributed by atoms with van der Waals surface area (Å²) < 4.78 is 6.46. The van der Waals surface area contributed by atoms with Gasteiger partial charge in [0.1, 0.15) is 0 Å². The van der Waals surface area contributed by atoms with Gasteiger partial charge in [-0.15, -0.1) is 0 Å². The highest BCUT2D eigenvalue weighted by molar-refractivity contribution is 4.64. The van der Waals surface area contributed by atoms with Crippen LogP contribution >= 0.6 is 0 Å². The number of rotatable bonds is 28. The summed E-state index contributed by atoms with van der Waals surface area (Å²) in [5, 5.41) is 0. The number of unbranched alkanes of at least 4 members (excludes halogenated alkanes) is 16. The zero-order valence-corrected chi connectivity index (χ0v) is 23.9. The highest BCUT2D eigenvalue weighted by atomic mass is 16.5. The summed E-state index contributed by atoms with van der Waals surface area (Å²) in [6, 6.07) is 0. The molecule has 33 heavy (non-hydrogen) atoms. The lowest BCUT2D eigenvalue weighted by atomic mass is 9.94. The Balaban J connectivity index is 4.31. The molecule has 0 aliphatic heterocycles. The van der Waals surface area contributed by atoms with Crippen LogP contribution < -0.4 is 0 Å². The molecule has 0 spiro atoms. The van der Waals surface area contributed by atoms with Crippen LogP contribution in [-0.2, 0) is 4.74 Å². The third-order valence-corrected chi connectivity index (χ3v) is 7.57. The predicted molar refractivity (Wildman–Crippen MR) is 151 cm³/mol. The van der Waals surface area contributed by atoms with Gasteiger partial charge in [0.2, 0.25) is 0 Å². The first-order chi connectivity index (χ1) is 16.3. The van der Waals surface area contributed by atoms with Crippen molar-refractivity contribution < 1.29 is 4.74 Å². The largest absolute Gasteiger partial charge is 0.381 e. The van der Waals surface area contributed by atoms with Crippen molar-refractivity contribution in [3.63, 3.8) is 0 Å². The Hall–Kier alpha value is -0.0400. The molecule has 0 fully saturated rings. The first-order valence-electron chi connectivity index (χ1n) is 15.9. The van der Waals surface area contributed by atoms with Gasteiger partial charge in [-0.2, -0.15) is 0 Å². The van der Waals surface area contributed by atoms with E-state index in [4.69, 9.17) is 4.74 Å². The molecule has 0 aromatic heterocycles. The van der Waals surface area contributed by atoms with E-state index in [-0.39, 0.29) is 0 Å². The van der Waals surface area contributed by atoms with Gasteiger partial charge in [0.25, 0.3) is 0 Å². The minimum atomic E-state index is 0.808. The second-order valence-electron chi connectivity index (χ2n) is 11.1. The molecule has 200 valence electrons. The minimum absolute atomic E-state index is 0.808. The van der Waals surface area contributed by atoms with Crippen LogP contribution in [0.15, 0.2) is 0 Å². The summed E-state index contributed by atoms with van der Waals surface area (Å²) in [4.78, 5) is 0. The van der Waals surface area contributed by atoms with Crippen molar-refractivity contribution in [2.75, 3.05) is 13.2 Å². The van der Waals surface area contributed by atoms with Crippen LogP contribution in [-0.4, -0.2) is 13.2 Å². The third kappa shape index (κ3) is 24.9. The highest BCUT2D eigenvalue weighted by Crippen LogP contribution is 2.22. The smallest absolute Gasteiger partial charge is 0.0494 e. The van der Waals surface area contributed by atoms with Gasteiger partial charge in [-0.05, 0) is 37.5 Å². The van der Waals surface area contributed by atoms with Crippen LogP contribution in [0.1, 0.15) is 182 Å². The van der Waals surface area contributed by atoms with Crippen LogP contribution in [0, 0.1) is 11.8 Å². The van der Waals surface area contributed by atoms with Crippen molar-refractivity contribution in [1.29, 1.82) is 0 Å². The fraction of sp³-hybridized carbons (Fsp3) is 1.00. The summed E-state index contributed by atoms with van der Waals surface area (Å²) in [6.07, 6.45) is 33.8. The van der Waals surface area contributed by atoms with E-state index < -0.39 is 0 Å². The van der Waals surface area contributed by atoms with E-state index in [0.29, 0.717) is 0 Å². The molecule has 0 saturated heterocycles. The van der Waals surface area contributed by atoms with Crippen molar-refractivity contribution in [3.8, 4) is 0 Å². The number of hydrogen-bond donors (Lipinski definition) is 0. The van der Waals surface area contributed by atoms with E-state index in [1.807, 2.05) is 0 Å². The van der Waals surface area contributed by atoms with Crippen LogP contribution in [0.25, 0.3) is 0 Å². The summed E-state index contributed by atoms with van der Waals surface area (Å²) in [7, 11) is 0. The molecule has 0 N–H and O–H groups in total. The van der Waals surface area contributed by atoms with Gasteiger partial charge >= 0.3 is 0 Å². The van der Waals surface area contributed by atoms with Crippen molar-refractivity contribution >= 4 is 0 Å². The Morgan fingerprint density at radius 1 is 0.333 bits per heavy atom. The highest BCUT2D eigenvalue weighted by Gasteiger charge is 2.13. The maximum Gasteiger partial charge on any atom is 0.0494 e. The maximum absolute atomic E-state index is 6.46. The molecule has 0 heterocycles. The second kappa shape index (κ2) is 28.2. The molecule has 1 nitrogen and oxygen atoms in total. The van der Waals surface area contributed by atoms with E-state index >= 15 is 0 Å². The van der Waals surface area contributed by atoms with Gasteiger partial charge < -0.3 is 4.74 Å². The molecule has 0 rings (SSSR count). The Morgan fingerprint density at radius 3 is 0.879 bits per heavy atom. The van der Waals surface area contributed by atoms with Crippen LogP contribution in [0.5, 0.6) is 0 Å². The van der Waals surface area contributed by atoms with E-state index in [9.17, 15) is 0 Å². The Morgan fingerprint density at radius 2 is 0.576 bits per heavy atom. The molecule has 2 unspecified atom stereocenters. The summed E-state index contributed by atoms with van der Waals surface area (Å²) >= 11 is 0. The van der Waals surface area contributed by atoms with Crippen molar-refractivity contribution in [2.24, 2.45) is 11.8 Å². The topological polar surface area (TPSA) is 9.23 Å². The second-order valence-corrected chi connectivity index (χ2v) is 11.1. The van der Waals surface area contributed by atoms with Crippen molar-refractivity contribution in [2.45, 2.75) is 182 Å². The Labute approximate surface area is 211 Å². The van der Waals surface area contributed by atoms with Gasteiger partial charge in [0.05, 0.1) is 0 Å². The summed E-state index contributed by atoms with van der Waals surface area (Å²) in [5.41, 5.74) is 0. The van der Waals surface area contributed by atoms with Gasteiger partial charge in [-0.25, -0.2) is 0 Å². The van der Waals surface area contributed by atoms with E-state index in [2.05, 4.69) is 27.7 Å². The lowest BCUT2D eigenvalue weighted by molar-refractivity contribution is 0.0587. The number of ether oxygens (including phenoxy) is 1. The lowest BCUT2D eigenvalue weighted by Crippen LogP contribution is -2.16. The molecule has 1 heteroatoms. The van der Waals surface area contributed by atoms with E-state index in [1.165, 1.54) is 154 Å². The molecular formula is C32H66O. The van der Waals surface area contributed by atoms with E-state index in [0.717, 1.165) is 25.0 Å². The molecule has 0 radical (unpaired) electrons. The molecule has 0 aliphatic rings. The predicted octanol–water partition coefficient (Wildman–Crippen LogP) is 11.7. The lowest BCUT2D eigenvalue weighted by Gasteiger charge is -2.21. The molecule has 2 atom stereocenters. The number of hydrogen-bond acceptors (Lipinski definition) is 1. The van der Waals surface area contributed by atoms with Crippen LogP contribution in [0.2, 0.25) is 0 Å². The molecule has 0 amide bonds. The first kappa shape index (κ1) is 33.0. The normalized spacial score (nSPS) is 13.5. The summed E-state index contributed by atoms with van der Waals surface area (Å²) in [5.74, 6) is 1.62. The molecule has 0 aromatic carbocycles. The van der Waals surface area contributed by atoms with Crippen LogP contribution in [0.3, 0.4) is 0 Å². The standard InChI is InChI=1S/C32H66O/c1-5-9-13-17-19-23-27-31(25-21-15-11-7-3)29-33-30-32(26-22-16-12-8-4)28-24-20-18-14-10-6-2/h31-32H,5-30H2,1-4H3. The molecular weight excluding hydrogens is 400 g/mol. The van der Waals surface area contributed by atoms with Crippen molar-refractivity contribution in [3.05, 3.63) is 0 Å². The average molecular weight is 467 g/mol. The third-order valence-electron chi connectivity index (χ3n) is 7.57. The Bertz CT molecular complexity index is 307. The van der Waals surface area contributed by atoms with E-state index in [1.54, 1.807) is 0 Å². The maximum atomic E-state index is 6.46. The van der Waals surface area contributed by atoms with Gasteiger partial charge in [-0.3, -0.25) is 0 Å². The SMILES string of the molecule is CCCCCCCCC(CCCCCC)COCC(CCCCCC)CCCCCCCC. The molecule has 0 bridgehead atoms. The molecule has 0 saturated carbocycles. The average Bonchev–Trinajstić information content (AvgIpc) is 2.82. The fourth-order valence-electron chi connectivity index (χ4n) is 5.17.